The van der Waals surface area contributed by atoms with E-state index in [1.54, 1.807) is 42.5 Å². The highest BCUT2D eigenvalue weighted by atomic mass is 16.1. The van der Waals surface area contributed by atoms with Crippen molar-refractivity contribution in [3.63, 3.8) is 0 Å². The van der Waals surface area contributed by atoms with E-state index in [1.807, 2.05) is 29.8 Å². The van der Waals surface area contributed by atoms with Crippen LogP contribution >= 0.6 is 0 Å². The SMILES string of the molecule is CN1c2cc3ccccc3cc2N(c2ccccc2)c2c1ccc1ccccc21.CN1c2ccccc2N(C)c2ccccc21.CN1c2ccccc2N(c2ccccc2)c2c1c1ccccc1c1ccccc21.CN1c2ccccc2N(c2ccccc2)c2c1ccc1ccccc21.CN1c2ccccc2N(c2ccccc2)c2ccccc21.Cn1c2ccccc2c(=O)c2ccc3c(c21)C(=O)c1ccccc1C3=O. The van der Waals surface area contributed by atoms with Crippen LogP contribution in [0.15, 0.2) is 490 Å². The van der Waals surface area contributed by atoms with Gasteiger partial charge in [0.1, 0.15) is 0 Å². The van der Waals surface area contributed by atoms with Crippen molar-refractivity contribution in [3.8, 4) is 0 Å². The van der Waals surface area contributed by atoms with Gasteiger partial charge in [-0.05, 0) is 202 Å². The molecule has 0 saturated carbocycles. The fourth-order valence-corrected chi connectivity index (χ4v) is 22.2. The molecule has 0 unspecified atom stereocenters. The number of rotatable bonds is 4. The molecule has 6 aliphatic rings. The first-order valence-electron chi connectivity index (χ1n) is 49.3. The van der Waals surface area contributed by atoms with Gasteiger partial charge in [0.15, 0.2) is 17.0 Å². The predicted molar refractivity (Wildman–Crippen MR) is 613 cm³/mol. The van der Waals surface area contributed by atoms with E-state index in [9.17, 15) is 14.4 Å². The van der Waals surface area contributed by atoms with E-state index < -0.39 is 0 Å². The zero-order valence-corrected chi connectivity index (χ0v) is 81.8. The summed E-state index contributed by atoms with van der Waals surface area (Å²) in [4.78, 5) is 62.3. The summed E-state index contributed by atoms with van der Waals surface area (Å²) >= 11 is 0. The molecular weight excluding hydrogens is 1790 g/mol. The van der Waals surface area contributed by atoms with E-state index in [0.717, 1.165) is 5.52 Å². The van der Waals surface area contributed by atoms with Crippen LogP contribution in [0.4, 0.5) is 136 Å². The molecule has 0 fully saturated rings. The molecule has 0 atom stereocenters. The van der Waals surface area contributed by atoms with Gasteiger partial charge in [-0.2, -0.15) is 0 Å². The normalized spacial score (nSPS) is 13.0. The summed E-state index contributed by atoms with van der Waals surface area (Å²) in [6.07, 6.45) is 0. The average molecular weight is 1890 g/mol. The van der Waals surface area contributed by atoms with Crippen LogP contribution in [-0.4, -0.2) is 58.4 Å². The van der Waals surface area contributed by atoms with Gasteiger partial charge in [0, 0.05) is 121 Å². The number of carbonyl (C=O) groups excluding carboxylic acids is 2. The molecule has 0 spiro atoms. The molecule has 6 heterocycles. The van der Waals surface area contributed by atoms with Crippen molar-refractivity contribution >= 4 is 224 Å². The van der Waals surface area contributed by atoms with Crippen LogP contribution in [0.3, 0.4) is 0 Å². The summed E-state index contributed by atoms with van der Waals surface area (Å²) in [5.74, 6) is -0.399. The first kappa shape index (κ1) is 89.6. The van der Waals surface area contributed by atoms with Gasteiger partial charge in [-0.3, -0.25) is 14.4 Å². The van der Waals surface area contributed by atoms with Gasteiger partial charge >= 0.3 is 0 Å². The minimum Gasteiger partial charge on any atom is -0.343 e. The van der Waals surface area contributed by atoms with Crippen LogP contribution in [0.1, 0.15) is 31.8 Å². The van der Waals surface area contributed by atoms with Crippen molar-refractivity contribution in [2.45, 2.75) is 0 Å². The Labute approximate surface area is 848 Å². The van der Waals surface area contributed by atoms with Gasteiger partial charge < -0.3 is 53.6 Å². The number of pyridine rings is 1. The van der Waals surface area contributed by atoms with E-state index in [-0.39, 0.29) is 17.0 Å². The third kappa shape index (κ3) is 15.2. The molecule has 1 aromatic heterocycles. The third-order valence-corrected chi connectivity index (χ3v) is 29.2. The summed E-state index contributed by atoms with van der Waals surface area (Å²) in [5, 5.41) is 13.7. The summed E-state index contributed by atoms with van der Waals surface area (Å²) in [5.41, 5.74) is 31.9. The molecule has 702 valence electrons. The quantitative estimate of drug-likeness (QED) is 0.124. The highest BCUT2D eigenvalue weighted by Gasteiger charge is 2.38. The number of hydrogen-bond donors (Lipinski definition) is 0. The van der Waals surface area contributed by atoms with E-state index in [2.05, 4.69) is 516 Å². The summed E-state index contributed by atoms with van der Waals surface area (Å²) in [6.45, 7) is 0. The smallest absolute Gasteiger partial charge is 0.197 e. The molecule has 0 amide bonds. The second kappa shape index (κ2) is 37.5. The first-order valence-corrected chi connectivity index (χ1v) is 49.3. The van der Waals surface area contributed by atoms with Crippen molar-refractivity contribution in [1.82, 2.24) is 4.57 Å². The van der Waals surface area contributed by atoms with Crippen molar-refractivity contribution in [3.05, 3.63) is 518 Å². The zero-order valence-electron chi connectivity index (χ0n) is 81.8. The van der Waals surface area contributed by atoms with Gasteiger partial charge in [0.05, 0.1) is 130 Å². The molecule has 0 radical (unpaired) electrons. The van der Waals surface area contributed by atoms with Gasteiger partial charge in [-0.1, -0.05) is 315 Å². The van der Waals surface area contributed by atoms with Crippen molar-refractivity contribution < 1.29 is 9.59 Å². The highest BCUT2D eigenvalue weighted by Crippen LogP contribution is 2.60. The van der Waals surface area contributed by atoms with Crippen LogP contribution in [0, 0.1) is 0 Å². The number of nitrogens with zero attached hydrogens (tertiary/aromatic N) is 11. The number of para-hydroxylation sites is 17. The minimum atomic E-state index is -0.217. The number of ketones is 2. The summed E-state index contributed by atoms with van der Waals surface area (Å²) < 4.78 is 1.84. The lowest BCUT2D eigenvalue weighted by molar-refractivity contribution is 0.0980. The Kier molecular flexibility index (Phi) is 23.0. The Balaban J connectivity index is 0.0000000947. The zero-order chi connectivity index (χ0) is 98.9. The number of fused-ring (bicyclic) bond motifs is 25. The lowest BCUT2D eigenvalue weighted by atomic mass is 9.82. The van der Waals surface area contributed by atoms with Crippen molar-refractivity contribution in [2.75, 3.05) is 91.3 Å². The topological polar surface area (TPSA) is 88.5 Å². The third-order valence-electron chi connectivity index (χ3n) is 29.2. The van der Waals surface area contributed by atoms with Crippen molar-refractivity contribution in [2.24, 2.45) is 7.05 Å². The molecule has 0 saturated heterocycles. The monoisotopic (exact) mass is 1890 g/mol. The van der Waals surface area contributed by atoms with Gasteiger partial charge in [-0.15, -0.1) is 0 Å². The molecule has 1 aliphatic carbocycles. The Hall–Kier alpha value is -19.1. The second-order valence-corrected chi connectivity index (χ2v) is 37.2. The highest BCUT2D eigenvalue weighted by molar-refractivity contribution is 6.32. The van der Waals surface area contributed by atoms with Crippen LogP contribution in [-0.2, 0) is 7.05 Å². The number of benzene rings is 22. The average Bonchev–Trinajstić information content (AvgIpc) is 0.712. The number of carbonyl (C=O) groups is 2. The van der Waals surface area contributed by atoms with E-state index in [0.29, 0.717) is 38.5 Å². The molecule has 23 aromatic rings. The molecule has 29 rings (SSSR count). The number of aryl methyl sites for hydroxylation is 1. The van der Waals surface area contributed by atoms with Gasteiger partial charge in [0.2, 0.25) is 0 Å². The molecule has 146 heavy (non-hydrogen) atoms. The van der Waals surface area contributed by atoms with Gasteiger partial charge in [0.25, 0.3) is 0 Å². The summed E-state index contributed by atoms with van der Waals surface area (Å²) in [7, 11) is 14.7. The van der Waals surface area contributed by atoms with Crippen LogP contribution in [0.2, 0.25) is 0 Å². The number of hydrogen-bond acceptors (Lipinski definition) is 13. The molecule has 14 heteroatoms. The number of anilines is 24. The molecule has 22 aromatic carbocycles. The summed E-state index contributed by atoms with van der Waals surface area (Å²) in [6, 6.07) is 168. The van der Waals surface area contributed by atoms with Crippen LogP contribution in [0.5, 0.6) is 0 Å². The van der Waals surface area contributed by atoms with E-state index >= 15 is 0 Å². The lowest BCUT2D eigenvalue weighted by Gasteiger charge is -2.40. The molecule has 0 N–H and O–H groups in total. The van der Waals surface area contributed by atoms with Crippen LogP contribution < -0.4 is 54.4 Å². The van der Waals surface area contributed by atoms with E-state index in [1.165, 1.54) is 190 Å². The fraction of sp³-hybridized carbons (Fsp3) is 0.0530. The first-order chi connectivity index (χ1) is 71.7. The van der Waals surface area contributed by atoms with Crippen molar-refractivity contribution in [1.29, 1.82) is 0 Å². The maximum absolute atomic E-state index is 13.2. The van der Waals surface area contributed by atoms with Gasteiger partial charge in [-0.25, -0.2) is 0 Å². The standard InChI is InChI=1S/2C27H20N2.C23H18N2.C22H13NO3.C19H16N2.C14H14N2/c1-28-24-17-9-10-18-25(24)29(19-11-3-2-4-12-19)27-23-16-8-6-14-21(23)20-13-5-7-15-22(20)26(27)28;1-28-24-16-15-19-9-7-8-14-23(19)27(24)29(22-12-3-2-4-13-22)26-18-21-11-6-5-10-20(21)17-25(26)28;1-24-20-13-7-8-14-21(20)25(18-10-3-2-4-11-18)23-19-12-6-5-9-17(19)15-16-22(23)24;1-23-17-9-5-4-8-14(17)21(25)16-11-10-15-18(19(16)23)22(26)13-7-3-2-6-12(13)20(15)24;1-20-16-11-5-7-13-18(16)21(15-9-3-2-4-10-15)19-14-8-6-12-17(19)20;1-15-11-7-3-5-9-13(11)16(2)14-10-6-4-8-12(14)15/h2*2-18H,1H3;2-16H,1H3;2-11H,1H3;2-14H,1H3;3-10H,1-2H3. The Morgan fingerprint density at radius 3 is 0.884 bits per heavy atom. The maximum atomic E-state index is 13.2. The molecular formula is C132H101N11O3. The molecule has 5 aliphatic heterocycles. The second-order valence-electron chi connectivity index (χ2n) is 37.2. The molecule has 0 bridgehead atoms. The fourth-order valence-electron chi connectivity index (χ4n) is 22.2. The van der Waals surface area contributed by atoms with E-state index in [4.69, 9.17) is 0 Å². The van der Waals surface area contributed by atoms with Crippen LogP contribution in [0.25, 0.3) is 75.7 Å². The molecule has 14 nitrogen and oxygen atoms in total. The minimum absolute atomic E-state index is 0.129. The lowest BCUT2D eigenvalue weighted by Crippen LogP contribution is -2.24. The number of aromatic nitrogens is 1. The maximum Gasteiger partial charge on any atom is 0.197 e. The Morgan fingerprint density at radius 2 is 0.452 bits per heavy atom. The predicted octanol–water partition coefficient (Wildman–Crippen LogP) is 33.7. The Morgan fingerprint density at radius 1 is 0.164 bits per heavy atom. The Bertz CT molecular complexity index is 8970. The largest absolute Gasteiger partial charge is 0.343 e.